The molecule has 6 nitrogen and oxygen atoms in total. The van der Waals surface area contributed by atoms with E-state index in [0.717, 1.165) is 5.76 Å². The van der Waals surface area contributed by atoms with Crippen LogP contribution in [0.5, 0.6) is 0 Å². The van der Waals surface area contributed by atoms with Crippen molar-refractivity contribution in [2.24, 2.45) is 0 Å². The SMILES string of the molecule is COC1=CC2=C(CCNC(C)=O)C(=O)N(C(C)=O)C2=CC1. The Morgan fingerprint density at radius 1 is 1.38 bits per heavy atom. The van der Waals surface area contributed by atoms with Crippen molar-refractivity contribution in [3.05, 3.63) is 34.8 Å². The molecule has 0 aromatic heterocycles. The molecule has 3 amide bonds. The average molecular weight is 290 g/mol. The molecule has 0 atom stereocenters. The fourth-order valence-electron chi connectivity index (χ4n) is 2.47. The summed E-state index contributed by atoms with van der Waals surface area (Å²) in [7, 11) is 1.57. The molecule has 1 aliphatic heterocycles. The first-order valence-electron chi connectivity index (χ1n) is 6.73. The van der Waals surface area contributed by atoms with Crippen molar-refractivity contribution in [3.8, 4) is 0 Å². The minimum absolute atomic E-state index is 0.151. The third kappa shape index (κ3) is 2.89. The minimum Gasteiger partial charge on any atom is -0.501 e. The van der Waals surface area contributed by atoms with Gasteiger partial charge in [0.15, 0.2) is 0 Å². The number of methoxy groups -OCH3 is 1. The Kier molecular flexibility index (Phi) is 4.26. The highest BCUT2D eigenvalue weighted by molar-refractivity contribution is 6.10. The van der Waals surface area contributed by atoms with Crippen molar-refractivity contribution in [1.82, 2.24) is 10.2 Å². The number of carbonyl (C=O) groups is 3. The number of hydrogen-bond donors (Lipinski definition) is 1. The van der Waals surface area contributed by atoms with Crippen LogP contribution in [0.3, 0.4) is 0 Å². The number of nitrogens with one attached hydrogen (secondary N) is 1. The summed E-state index contributed by atoms with van der Waals surface area (Å²) < 4.78 is 5.22. The van der Waals surface area contributed by atoms with Gasteiger partial charge in [-0.15, -0.1) is 0 Å². The maximum atomic E-state index is 12.4. The van der Waals surface area contributed by atoms with Gasteiger partial charge in [0.25, 0.3) is 5.91 Å². The van der Waals surface area contributed by atoms with Crippen molar-refractivity contribution in [3.63, 3.8) is 0 Å². The standard InChI is InChI=1S/C15H18N2O4/c1-9(18)16-7-6-12-13-8-11(21-3)4-5-14(13)17(10(2)19)15(12)20/h5,8H,4,6-7H2,1-3H3,(H,16,18). The molecule has 0 spiro atoms. The number of hydrogen-bond acceptors (Lipinski definition) is 4. The van der Waals surface area contributed by atoms with Crippen molar-refractivity contribution in [2.45, 2.75) is 26.7 Å². The highest BCUT2D eigenvalue weighted by Crippen LogP contribution is 2.36. The molecule has 6 heteroatoms. The quantitative estimate of drug-likeness (QED) is 0.838. The summed E-state index contributed by atoms with van der Waals surface area (Å²) in [6.07, 6.45) is 4.53. The first-order chi connectivity index (χ1) is 9.95. The first-order valence-corrected chi connectivity index (χ1v) is 6.73. The van der Waals surface area contributed by atoms with E-state index in [0.29, 0.717) is 36.2 Å². The lowest BCUT2D eigenvalue weighted by atomic mass is 10.00. The van der Waals surface area contributed by atoms with Gasteiger partial charge in [0, 0.05) is 38.0 Å². The Labute approximate surface area is 123 Å². The largest absolute Gasteiger partial charge is 0.501 e. The maximum absolute atomic E-state index is 12.4. The van der Waals surface area contributed by atoms with Gasteiger partial charge in [-0.1, -0.05) is 6.08 Å². The van der Waals surface area contributed by atoms with E-state index in [2.05, 4.69) is 5.32 Å². The van der Waals surface area contributed by atoms with Gasteiger partial charge < -0.3 is 10.1 Å². The van der Waals surface area contributed by atoms with Crippen LogP contribution in [0.2, 0.25) is 0 Å². The van der Waals surface area contributed by atoms with Crippen LogP contribution < -0.4 is 5.32 Å². The predicted octanol–water partition coefficient (Wildman–Crippen LogP) is 1.02. The number of rotatable bonds is 4. The number of ether oxygens (including phenoxy) is 1. The van der Waals surface area contributed by atoms with Crippen LogP contribution in [0.15, 0.2) is 34.8 Å². The lowest BCUT2D eigenvalue weighted by Gasteiger charge is -2.18. The van der Waals surface area contributed by atoms with E-state index in [9.17, 15) is 14.4 Å². The van der Waals surface area contributed by atoms with Crippen molar-refractivity contribution < 1.29 is 19.1 Å². The zero-order chi connectivity index (χ0) is 15.6. The van der Waals surface area contributed by atoms with E-state index in [1.54, 1.807) is 13.2 Å². The number of fused-ring (bicyclic) bond motifs is 1. The summed E-state index contributed by atoms with van der Waals surface area (Å²) in [6, 6.07) is 0. The van der Waals surface area contributed by atoms with Crippen LogP contribution in [-0.4, -0.2) is 36.3 Å². The van der Waals surface area contributed by atoms with Crippen LogP contribution in [0.4, 0.5) is 0 Å². The molecule has 0 radical (unpaired) electrons. The fraction of sp³-hybridized carbons (Fsp3) is 0.400. The molecule has 112 valence electrons. The van der Waals surface area contributed by atoms with Gasteiger partial charge in [0.2, 0.25) is 11.8 Å². The summed E-state index contributed by atoms with van der Waals surface area (Å²) >= 11 is 0. The molecule has 21 heavy (non-hydrogen) atoms. The zero-order valence-electron chi connectivity index (χ0n) is 12.4. The Morgan fingerprint density at radius 3 is 2.67 bits per heavy atom. The molecule has 0 aromatic carbocycles. The highest BCUT2D eigenvalue weighted by Gasteiger charge is 2.37. The smallest absolute Gasteiger partial charge is 0.261 e. The second-order valence-corrected chi connectivity index (χ2v) is 4.89. The van der Waals surface area contributed by atoms with Crippen molar-refractivity contribution >= 4 is 17.7 Å². The lowest BCUT2D eigenvalue weighted by Crippen LogP contribution is -2.31. The van der Waals surface area contributed by atoms with Crippen LogP contribution in [0.25, 0.3) is 0 Å². The number of carbonyl (C=O) groups excluding carboxylic acids is 3. The molecule has 0 unspecified atom stereocenters. The normalized spacial score (nSPS) is 17.3. The lowest BCUT2D eigenvalue weighted by molar-refractivity contribution is -0.137. The van der Waals surface area contributed by atoms with E-state index in [1.807, 2.05) is 6.08 Å². The molecule has 1 N–H and O–H groups in total. The van der Waals surface area contributed by atoms with Crippen LogP contribution in [0, 0.1) is 0 Å². The first kappa shape index (κ1) is 15.0. The summed E-state index contributed by atoms with van der Waals surface area (Å²) in [5, 5.41) is 2.66. The van der Waals surface area contributed by atoms with E-state index in [-0.39, 0.29) is 17.7 Å². The summed E-state index contributed by atoms with van der Waals surface area (Å²) in [5.41, 5.74) is 1.86. The van der Waals surface area contributed by atoms with E-state index < -0.39 is 0 Å². The Balaban J connectivity index is 2.32. The van der Waals surface area contributed by atoms with Crippen LogP contribution in [0.1, 0.15) is 26.7 Å². The molecular formula is C15H18N2O4. The third-order valence-corrected chi connectivity index (χ3v) is 3.43. The summed E-state index contributed by atoms with van der Waals surface area (Å²) in [4.78, 5) is 36.2. The molecule has 0 bridgehead atoms. The van der Waals surface area contributed by atoms with Gasteiger partial charge in [-0.25, -0.2) is 4.90 Å². The van der Waals surface area contributed by atoms with Gasteiger partial charge in [0.05, 0.1) is 12.8 Å². The van der Waals surface area contributed by atoms with Gasteiger partial charge in [-0.05, 0) is 12.5 Å². The molecule has 0 saturated carbocycles. The van der Waals surface area contributed by atoms with Crippen LogP contribution in [-0.2, 0) is 19.1 Å². The molecule has 1 aliphatic carbocycles. The number of nitrogens with zero attached hydrogens (tertiary/aromatic N) is 1. The Hall–Kier alpha value is -2.37. The Morgan fingerprint density at radius 2 is 2.10 bits per heavy atom. The number of allylic oxidation sites excluding steroid dienone is 2. The average Bonchev–Trinajstić information content (AvgIpc) is 2.70. The van der Waals surface area contributed by atoms with Gasteiger partial charge in [0.1, 0.15) is 5.76 Å². The second-order valence-electron chi connectivity index (χ2n) is 4.89. The van der Waals surface area contributed by atoms with Gasteiger partial charge in [-0.3, -0.25) is 14.4 Å². The maximum Gasteiger partial charge on any atom is 0.261 e. The zero-order valence-corrected chi connectivity index (χ0v) is 12.4. The summed E-state index contributed by atoms with van der Waals surface area (Å²) in [6.45, 7) is 3.14. The van der Waals surface area contributed by atoms with Gasteiger partial charge in [-0.2, -0.15) is 0 Å². The fourth-order valence-corrected chi connectivity index (χ4v) is 2.47. The minimum atomic E-state index is -0.317. The van der Waals surface area contributed by atoms with Gasteiger partial charge >= 0.3 is 0 Å². The van der Waals surface area contributed by atoms with Crippen LogP contribution >= 0.6 is 0 Å². The molecular weight excluding hydrogens is 272 g/mol. The van der Waals surface area contributed by atoms with Crippen molar-refractivity contribution in [2.75, 3.05) is 13.7 Å². The molecule has 0 aromatic rings. The van der Waals surface area contributed by atoms with E-state index in [4.69, 9.17) is 4.74 Å². The van der Waals surface area contributed by atoms with Crippen molar-refractivity contribution in [1.29, 1.82) is 0 Å². The predicted molar refractivity (Wildman–Crippen MR) is 75.6 cm³/mol. The monoisotopic (exact) mass is 290 g/mol. The molecule has 2 rings (SSSR count). The second kappa shape index (κ2) is 5.95. The molecule has 0 saturated heterocycles. The van der Waals surface area contributed by atoms with E-state index in [1.165, 1.54) is 18.7 Å². The molecule has 1 heterocycles. The summed E-state index contributed by atoms with van der Waals surface area (Å²) in [5.74, 6) is -0.0405. The highest BCUT2D eigenvalue weighted by atomic mass is 16.5. The number of imide groups is 1. The Bertz CT molecular complexity index is 599. The molecule has 0 fully saturated rings. The topological polar surface area (TPSA) is 75.7 Å². The third-order valence-electron chi connectivity index (χ3n) is 3.43. The number of amides is 3. The van der Waals surface area contributed by atoms with E-state index >= 15 is 0 Å². The molecule has 2 aliphatic rings.